The average Bonchev–Trinajstić information content (AvgIpc) is 3.10. The van der Waals surface area contributed by atoms with Crippen LogP contribution in [0.3, 0.4) is 0 Å². The summed E-state index contributed by atoms with van der Waals surface area (Å²) in [5.74, 6) is -0.420. The molecule has 0 aromatic heterocycles. The molecule has 7 nitrogen and oxygen atoms in total. The van der Waals surface area contributed by atoms with Gasteiger partial charge in [0.05, 0.1) is 23.4 Å². The van der Waals surface area contributed by atoms with E-state index in [0.29, 0.717) is 40.4 Å². The van der Waals surface area contributed by atoms with Gasteiger partial charge < -0.3 is 10.1 Å². The molecule has 3 aromatic rings. The number of benzene rings is 3. The van der Waals surface area contributed by atoms with E-state index in [1.807, 2.05) is 0 Å². The lowest BCUT2D eigenvalue weighted by Crippen LogP contribution is -2.34. The predicted molar refractivity (Wildman–Crippen MR) is 135 cm³/mol. The quantitative estimate of drug-likeness (QED) is 0.291. The van der Waals surface area contributed by atoms with Crippen LogP contribution >= 0.6 is 12.2 Å². The Bertz CT molecular complexity index is 1220. The second-order valence-corrected chi connectivity index (χ2v) is 8.08. The Morgan fingerprint density at radius 3 is 2.26 bits per heavy atom. The third kappa shape index (κ3) is 4.97. The first-order chi connectivity index (χ1) is 16.5. The van der Waals surface area contributed by atoms with E-state index in [0.717, 1.165) is 17.7 Å². The summed E-state index contributed by atoms with van der Waals surface area (Å²) in [7, 11) is 0. The third-order valence-electron chi connectivity index (χ3n) is 5.27. The lowest BCUT2D eigenvalue weighted by Gasteiger charge is -2.16. The number of thiocarbonyl (C=S) groups is 1. The number of nitrogens with one attached hydrogen (secondary N) is 2. The summed E-state index contributed by atoms with van der Waals surface area (Å²) < 4.78 is 5.61. The minimum atomic E-state index is -0.379. The van der Waals surface area contributed by atoms with Gasteiger partial charge in [0.1, 0.15) is 5.75 Å². The fourth-order valence-corrected chi connectivity index (χ4v) is 3.73. The number of carbonyl (C=O) groups is 3. The summed E-state index contributed by atoms with van der Waals surface area (Å²) >= 11 is 5.27. The number of hydrogen-bond acceptors (Lipinski definition) is 5. The van der Waals surface area contributed by atoms with Crippen molar-refractivity contribution in [2.75, 3.05) is 16.8 Å². The summed E-state index contributed by atoms with van der Waals surface area (Å²) in [5, 5.41) is 5.65. The van der Waals surface area contributed by atoms with Crippen LogP contribution < -0.4 is 20.3 Å². The van der Waals surface area contributed by atoms with Crippen LogP contribution in [-0.2, 0) is 0 Å². The van der Waals surface area contributed by atoms with E-state index in [1.165, 1.54) is 0 Å². The van der Waals surface area contributed by atoms with Crippen molar-refractivity contribution in [1.82, 2.24) is 5.32 Å². The normalized spacial score (nSPS) is 12.3. The SMILES string of the molecule is CCCCOc1ccc(C(=O)NC(=S)Nc2cccc(N3C(=O)c4ccccc4C3=O)c2)cc1. The Labute approximate surface area is 202 Å². The van der Waals surface area contributed by atoms with Crippen molar-refractivity contribution >= 4 is 46.4 Å². The van der Waals surface area contributed by atoms with E-state index in [2.05, 4.69) is 17.6 Å². The monoisotopic (exact) mass is 473 g/mol. The van der Waals surface area contributed by atoms with E-state index in [1.54, 1.807) is 72.8 Å². The zero-order valence-electron chi connectivity index (χ0n) is 18.5. The largest absolute Gasteiger partial charge is 0.494 e. The molecule has 2 N–H and O–H groups in total. The number of nitrogens with zero attached hydrogens (tertiary/aromatic N) is 1. The number of anilines is 2. The Morgan fingerprint density at radius 2 is 1.62 bits per heavy atom. The fraction of sp³-hybridized carbons (Fsp3) is 0.154. The molecule has 3 aromatic carbocycles. The van der Waals surface area contributed by atoms with Gasteiger partial charge in [0.15, 0.2) is 5.11 Å². The van der Waals surface area contributed by atoms with Crippen LogP contribution in [0, 0.1) is 0 Å². The molecule has 1 aliphatic rings. The summed E-state index contributed by atoms with van der Waals surface area (Å²) in [5.41, 5.74) is 2.11. The predicted octanol–water partition coefficient (Wildman–Crippen LogP) is 4.79. The van der Waals surface area contributed by atoms with Gasteiger partial charge in [-0.1, -0.05) is 31.5 Å². The zero-order valence-corrected chi connectivity index (χ0v) is 19.4. The van der Waals surface area contributed by atoms with E-state index < -0.39 is 0 Å². The van der Waals surface area contributed by atoms with Gasteiger partial charge in [-0.3, -0.25) is 19.7 Å². The van der Waals surface area contributed by atoms with Gasteiger partial charge in [-0.25, -0.2) is 4.90 Å². The number of unbranched alkanes of at least 4 members (excludes halogenated alkanes) is 1. The first-order valence-corrected chi connectivity index (χ1v) is 11.3. The van der Waals surface area contributed by atoms with Crippen LogP contribution in [0.25, 0.3) is 0 Å². The van der Waals surface area contributed by atoms with Crippen molar-refractivity contribution in [3.05, 3.63) is 89.5 Å². The van der Waals surface area contributed by atoms with Gasteiger partial charge >= 0.3 is 0 Å². The maximum Gasteiger partial charge on any atom is 0.266 e. The lowest BCUT2D eigenvalue weighted by molar-refractivity contribution is 0.0923. The molecule has 4 rings (SSSR count). The van der Waals surface area contributed by atoms with E-state index in [9.17, 15) is 14.4 Å². The zero-order chi connectivity index (χ0) is 24.1. The summed E-state index contributed by atoms with van der Waals surface area (Å²) in [6.45, 7) is 2.73. The Morgan fingerprint density at radius 1 is 0.941 bits per heavy atom. The highest BCUT2D eigenvalue weighted by Crippen LogP contribution is 2.29. The Balaban J connectivity index is 1.39. The van der Waals surface area contributed by atoms with Crippen LogP contribution in [0.4, 0.5) is 11.4 Å². The van der Waals surface area contributed by atoms with E-state index in [4.69, 9.17) is 17.0 Å². The Hall–Kier alpha value is -4.04. The van der Waals surface area contributed by atoms with Crippen molar-refractivity contribution < 1.29 is 19.1 Å². The van der Waals surface area contributed by atoms with Crippen LogP contribution in [0.1, 0.15) is 50.8 Å². The van der Waals surface area contributed by atoms with Crippen molar-refractivity contribution in [2.45, 2.75) is 19.8 Å². The second kappa shape index (κ2) is 10.3. The highest BCUT2D eigenvalue weighted by molar-refractivity contribution is 7.80. The molecular formula is C26H23N3O4S. The Kier molecular flexibility index (Phi) is 6.98. The first kappa shape index (κ1) is 23.1. The van der Waals surface area contributed by atoms with Crippen LogP contribution in [0.5, 0.6) is 5.75 Å². The molecule has 0 atom stereocenters. The molecule has 0 fully saturated rings. The number of hydrogen-bond donors (Lipinski definition) is 2. The molecule has 3 amide bonds. The van der Waals surface area contributed by atoms with Crippen LogP contribution in [-0.4, -0.2) is 29.4 Å². The molecule has 0 spiro atoms. The molecule has 0 saturated carbocycles. The lowest BCUT2D eigenvalue weighted by atomic mass is 10.1. The summed E-state index contributed by atoms with van der Waals surface area (Å²) in [4.78, 5) is 39.1. The average molecular weight is 474 g/mol. The first-order valence-electron chi connectivity index (χ1n) is 10.9. The number of ether oxygens (including phenoxy) is 1. The van der Waals surface area contributed by atoms with E-state index >= 15 is 0 Å². The molecule has 172 valence electrons. The second-order valence-electron chi connectivity index (χ2n) is 7.68. The van der Waals surface area contributed by atoms with E-state index in [-0.39, 0.29) is 22.8 Å². The van der Waals surface area contributed by atoms with Crippen molar-refractivity contribution in [3.63, 3.8) is 0 Å². The van der Waals surface area contributed by atoms with Gasteiger partial charge in [-0.05, 0) is 73.2 Å². The number of rotatable bonds is 7. The molecule has 8 heteroatoms. The standard InChI is InChI=1S/C26H23N3O4S/c1-2-3-15-33-20-13-11-17(12-14-20)23(30)28-26(34)27-18-7-6-8-19(16-18)29-24(31)21-9-4-5-10-22(21)25(29)32/h4-14,16H,2-3,15H2,1H3,(H2,27,28,30,34). The summed E-state index contributed by atoms with van der Waals surface area (Å²) in [6.07, 6.45) is 2.02. The molecule has 0 bridgehead atoms. The molecule has 1 heterocycles. The van der Waals surface area contributed by atoms with Gasteiger partial charge in [0.25, 0.3) is 17.7 Å². The van der Waals surface area contributed by atoms with Crippen LogP contribution in [0.15, 0.2) is 72.8 Å². The van der Waals surface area contributed by atoms with Crippen molar-refractivity contribution in [1.29, 1.82) is 0 Å². The maximum atomic E-state index is 12.7. The minimum Gasteiger partial charge on any atom is -0.494 e. The maximum absolute atomic E-state index is 12.7. The fourth-order valence-electron chi connectivity index (χ4n) is 3.52. The highest BCUT2D eigenvalue weighted by Gasteiger charge is 2.36. The number of carbonyl (C=O) groups excluding carboxylic acids is 3. The molecule has 0 unspecified atom stereocenters. The van der Waals surface area contributed by atoms with Gasteiger partial charge in [0.2, 0.25) is 0 Å². The molecule has 0 aliphatic carbocycles. The van der Waals surface area contributed by atoms with Gasteiger partial charge in [0, 0.05) is 11.3 Å². The highest BCUT2D eigenvalue weighted by atomic mass is 32.1. The smallest absolute Gasteiger partial charge is 0.266 e. The molecular weight excluding hydrogens is 450 g/mol. The molecule has 0 saturated heterocycles. The van der Waals surface area contributed by atoms with Gasteiger partial charge in [-0.15, -0.1) is 0 Å². The molecule has 1 aliphatic heterocycles. The number of fused-ring (bicyclic) bond motifs is 1. The van der Waals surface area contributed by atoms with Crippen molar-refractivity contribution in [3.8, 4) is 5.75 Å². The molecule has 34 heavy (non-hydrogen) atoms. The number of imide groups is 1. The number of amides is 3. The van der Waals surface area contributed by atoms with Gasteiger partial charge in [-0.2, -0.15) is 0 Å². The minimum absolute atomic E-state index is 0.0905. The summed E-state index contributed by atoms with van der Waals surface area (Å²) in [6, 6.07) is 20.2. The van der Waals surface area contributed by atoms with Crippen molar-refractivity contribution in [2.24, 2.45) is 0 Å². The third-order valence-corrected chi connectivity index (χ3v) is 5.47. The van der Waals surface area contributed by atoms with Crippen LogP contribution in [0.2, 0.25) is 0 Å². The topological polar surface area (TPSA) is 87.7 Å². The molecule has 0 radical (unpaired) electrons.